The predicted octanol–water partition coefficient (Wildman–Crippen LogP) is 3.64. The average molecular weight is 384 g/mol. The van der Waals surface area contributed by atoms with Crippen molar-refractivity contribution >= 4 is 34.9 Å². The number of hydrogen-bond acceptors (Lipinski definition) is 3. The van der Waals surface area contributed by atoms with Gasteiger partial charge in [-0.05, 0) is 30.7 Å². The van der Waals surface area contributed by atoms with Crippen LogP contribution in [0.2, 0.25) is 5.15 Å². The molecule has 3 aromatic rings. The number of nitrogens with zero attached hydrogens (tertiary/aromatic N) is 2. The van der Waals surface area contributed by atoms with Crippen LogP contribution in [0.15, 0.2) is 54.6 Å². The Balaban J connectivity index is 1.80. The number of hydrogen-bond donors (Lipinski definition) is 3. The molecule has 3 amide bonds. The lowest BCUT2D eigenvalue weighted by molar-refractivity contribution is 0.102. The van der Waals surface area contributed by atoms with Crippen molar-refractivity contribution < 1.29 is 9.59 Å². The third kappa shape index (κ3) is 4.45. The number of amides is 3. The minimum Gasteiger partial charge on any atom is -0.351 e. The minimum absolute atomic E-state index is 0.264. The lowest BCUT2D eigenvalue weighted by Gasteiger charge is -2.08. The molecule has 0 spiro atoms. The summed E-state index contributed by atoms with van der Waals surface area (Å²) in [6.45, 7) is 2.19. The van der Waals surface area contributed by atoms with E-state index in [9.17, 15) is 9.59 Å². The monoisotopic (exact) mass is 383 g/mol. The van der Waals surface area contributed by atoms with Crippen molar-refractivity contribution in [3.8, 4) is 0 Å². The maximum absolute atomic E-state index is 12.7. The highest BCUT2D eigenvalue weighted by Gasteiger charge is 2.20. The number of carbonyl (C=O) groups is 2. The number of nitrogens with one attached hydrogen (secondary N) is 2. The van der Waals surface area contributed by atoms with Crippen molar-refractivity contribution in [2.45, 2.75) is 13.5 Å². The van der Waals surface area contributed by atoms with Gasteiger partial charge in [-0.1, -0.05) is 48.0 Å². The molecule has 1 aromatic heterocycles. The van der Waals surface area contributed by atoms with E-state index in [1.165, 1.54) is 0 Å². The fraction of sp³-hybridized carbons (Fsp3) is 0.105. The summed E-state index contributed by atoms with van der Waals surface area (Å²) in [5.41, 5.74) is 7.94. The molecular weight excluding hydrogens is 366 g/mol. The number of aryl methyl sites for hydroxylation is 1. The van der Waals surface area contributed by atoms with E-state index < -0.39 is 6.03 Å². The number of carbonyl (C=O) groups excluding carboxylic acids is 2. The molecule has 0 bridgehead atoms. The predicted molar refractivity (Wildman–Crippen MR) is 105 cm³/mol. The molecule has 0 aliphatic carbocycles. The molecule has 3 rings (SSSR count). The van der Waals surface area contributed by atoms with Crippen LogP contribution in [0.4, 0.5) is 16.2 Å². The van der Waals surface area contributed by atoms with Gasteiger partial charge in [0.25, 0.3) is 5.91 Å². The van der Waals surface area contributed by atoms with Crippen LogP contribution in [-0.4, -0.2) is 21.7 Å². The van der Waals surface area contributed by atoms with Gasteiger partial charge in [-0.3, -0.25) is 4.79 Å². The molecule has 0 fully saturated rings. The molecule has 27 heavy (non-hydrogen) atoms. The van der Waals surface area contributed by atoms with E-state index in [1.54, 1.807) is 35.9 Å². The van der Waals surface area contributed by atoms with Crippen LogP contribution in [0, 0.1) is 6.92 Å². The van der Waals surface area contributed by atoms with Crippen LogP contribution >= 0.6 is 11.6 Å². The normalized spacial score (nSPS) is 10.4. The maximum Gasteiger partial charge on any atom is 0.316 e. The number of urea groups is 1. The molecule has 0 atom stereocenters. The van der Waals surface area contributed by atoms with Gasteiger partial charge in [-0.25, -0.2) is 9.48 Å². The fourth-order valence-corrected chi connectivity index (χ4v) is 3.00. The number of rotatable bonds is 5. The van der Waals surface area contributed by atoms with Gasteiger partial charge in [0.2, 0.25) is 0 Å². The fourth-order valence-electron chi connectivity index (χ4n) is 2.68. The van der Waals surface area contributed by atoms with Crippen LogP contribution in [0.25, 0.3) is 0 Å². The van der Waals surface area contributed by atoms with Crippen molar-refractivity contribution in [2.24, 2.45) is 5.73 Å². The van der Waals surface area contributed by atoms with Crippen LogP contribution in [0.5, 0.6) is 0 Å². The second-order valence-electron chi connectivity index (χ2n) is 5.92. The molecule has 7 nitrogen and oxygen atoms in total. The summed E-state index contributed by atoms with van der Waals surface area (Å²) in [5, 5.41) is 9.86. The zero-order chi connectivity index (χ0) is 19.4. The van der Waals surface area contributed by atoms with Gasteiger partial charge in [-0.15, -0.1) is 0 Å². The largest absolute Gasteiger partial charge is 0.351 e. The van der Waals surface area contributed by atoms with E-state index >= 15 is 0 Å². The molecular formula is C19H18ClN5O2. The van der Waals surface area contributed by atoms with Gasteiger partial charge < -0.3 is 16.4 Å². The second-order valence-corrected chi connectivity index (χ2v) is 6.28. The maximum atomic E-state index is 12.7. The molecule has 8 heteroatoms. The number of primary amides is 1. The Kier molecular flexibility index (Phi) is 5.42. The van der Waals surface area contributed by atoms with Gasteiger partial charge >= 0.3 is 6.03 Å². The lowest BCUT2D eigenvalue weighted by Crippen LogP contribution is -2.19. The third-order valence-electron chi connectivity index (χ3n) is 3.86. The molecule has 1 heterocycles. The van der Waals surface area contributed by atoms with Crippen LogP contribution in [0.3, 0.4) is 0 Å². The van der Waals surface area contributed by atoms with Crippen molar-refractivity contribution in [1.29, 1.82) is 0 Å². The van der Waals surface area contributed by atoms with E-state index in [2.05, 4.69) is 15.7 Å². The number of anilines is 2. The SMILES string of the molecule is Cc1nn(Cc2ccccc2)c(Cl)c1C(=O)Nc1cccc(NC(N)=O)c1. The Bertz CT molecular complexity index is 985. The Morgan fingerprint density at radius 3 is 2.41 bits per heavy atom. The van der Waals surface area contributed by atoms with Crippen molar-refractivity contribution in [3.05, 3.63) is 76.6 Å². The molecule has 0 aliphatic heterocycles. The average Bonchev–Trinajstić information content (AvgIpc) is 2.89. The Labute approximate surface area is 161 Å². The summed E-state index contributed by atoms with van der Waals surface area (Å²) in [6.07, 6.45) is 0. The third-order valence-corrected chi connectivity index (χ3v) is 4.24. The highest BCUT2D eigenvalue weighted by Crippen LogP contribution is 2.23. The standard InChI is InChI=1S/C19H18ClN5O2/c1-12-16(17(20)25(24-12)11-13-6-3-2-4-7-13)18(26)22-14-8-5-9-15(10-14)23-19(21)27/h2-10H,11H2,1H3,(H,22,26)(H3,21,23,27). The summed E-state index contributed by atoms with van der Waals surface area (Å²) in [5.74, 6) is -0.381. The lowest BCUT2D eigenvalue weighted by atomic mass is 10.2. The summed E-state index contributed by atoms with van der Waals surface area (Å²) in [4.78, 5) is 23.7. The van der Waals surface area contributed by atoms with Gasteiger partial charge in [0.15, 0.2) is 0 Å². The summed E-state index contributed by atoms with van der Waals surface area (Å²) in [7, 11) is 0. The Hall–Kier alpha value is -3.32. The van der Waals surface area contributed by atoms with Crippen molar-refractivity contribution in [3.63, 3.8) is 0 Å². The minimum atomic E-state index is -0.681. The van der Waals surface area contributed by atoms with Gasteiger partial charge in [0, 0.05) is 11.4 Å². The van der Waals surface area contributed by atoms with Crippen LogP contribution in [0.1, 0.15) is 21.6 Å². The van der Waals surface area contributed by atoms with Gasteiger partial charge in [0.1, 0.15) is 5.15 Å². The van der Waals surface area contributed by atoms with Crippen molar-refractivity contribution in [1.82, 2.24) is 9.78 Å². The van der Waals surface area contributed by atoms with Gasteiger partial charge in [-0.2, -0.15) is 5.10 Å². The molecule has 0 unspecified atom stereocenters. The zero-order valence-corrected chi connectivity index (χ0v) is 15.3. The topological polar surface area (TPSA) is 102 Å². The number of aromatic nitrogens is 2. The smallest absolute Gasteiger partial charge is 0.316 e. The number of benzene rings is 2. The van der Waals surface area contributed by atoms with E-state index in [0.29, 0.717) is 29.2 Å². The molecule has 0 saturated heterocycles. The molecule has 4 N–H and O–H groups in total. The van der Waals surface area contributed by atoms with Crippen LogP contribution < -0.4 is 16.4 Å². The van der Waals surface area contributed by atoms with E-state index in [4.69, 9.17) is 17.3 Å². The second kappa shape index (κ2) is 7.92. The first-order valence-corrected chi connectivity index (χ1v) is 8.56. The summed E-state index contributed by atoms with van der Waals surface area (Å²) < 4.78 is 1.59. The highest BCUT2D eigenvalue weighted by atomic mass is 35.5. The quantitative estimate of drug-likeness (QED) is 0.626. The van der Waals surface area contributed by atoms with E-state index in [1.807, 2.05) is 30.3 Å². The highest BCUT2D eigenvalue weighted by molar-refractivity contribution is 6.33. The zero-order valence-electron chi connectivity index (χ0n) is 14.6. The number of halogens is 1. The number of nitrogens with two attached hydrogens (primary N) is 1. The first kappa shape index (κ1) is 18.5. The Morgan fingerprint density at radius 1 is 1.07 bits per heavy atom. The molecule has 0 radical (unpaired) electrons. The van der Waals surface area contributed by atoms with E-state index in [-0.39, 0.29) is 11.1 Å². The Morgan fingerprint density at radius 2 is 1.74 bits per heavy atom. The first-order valence-electron chi connectivity index (χ1n) is 8.18. The molecule has 138 valence electrons. The molecule has 2 aromatic carbocycles. The van der Waals surface area contributed by atoms with E-state index in [0.717, 1.165) is 5.56 Å². The molecule has 0 aliphatic rings. The van der Waals surface area contributed by atoms with Crippen molar-refractivity contribution in [2.75, 3.05) is 10.6 Å². The summed E-state index contributed by atoms with van der Waals surface area (Å²) in [6, 6.07) is 15.7. The van der Waals surface area contributed by atoms with Gasteiger partial charge in [0.05, 0.1) is 17.8 Å². The molecule has 0 saturated carbocycles. The van der Waals surface area contributed by atoms with Crippen LogP contribution in [-0.2, 0) is 6.54 Å². The summed E-state index contributed by atoms with van der Waals surface area (Å²) >= 11 is 6.41. The first-order chi connectivity index (χ1) is 12.9.